The predicted molar refractivity (Wildman–Crippen MR) is 102 cm³/mol. The molecule has 0 saturated heterocycles. The largest absolute Gasteiger partial charge is 0.493 e. The Kier molecular flexibility index (Phi) is 6.66. The number of ether oxygens (including phenoxy) is 2. The van der Waals surface area contributed by atoms with Gasteiger partial charge >= 0.3 is 0 Å². The Morgan fingerprint density at radius 1 is 1.15 bits per heavy atom. The maximum Gasteiger partial charge on any atom is 0.272 e. The maximum atomic E-state index is 12.4. The number of benzene rings is 1. The number of methoxy groups -OCH3 is 1. The number of rotatable bonds is 8. The van der Waals surface area contributed by atoms with E-state index in [9.17, 15) is 4.79 Å². The van der Waals surface area contributed by atoms with Crippen molar-refractivity contribution in [2.45, 2.75) is 46.6 Å². The van der Waals surface area contributed by atoms with Crippen molar-refractivity contribution in [1.29, 1.82) is 0 Å². The molecule has 1 aromatic carbocycles. The van der Waals surface area contributed by atoms with Gasteiger partial charge in [0.05, 0.1) is 19.8 Å². The van der Waals surface area contributed by atoms with Crippen LogP contribution >= 0.6 is 0 Å². The molecule has 0 aliphatic carbocycles. The van der Waals surface area contributed by atoms with Crippen LogP contribution in [-0.4, -0.2) is 29.8 Å². The number of H-pyrrole nitrogens is 1. The molecule has 6 heteroatoms. The molecule has 6 nitrogen and oxygen atoms in total. The summed E-state index contributed by atoms with van der Waals surface area (Å²) < 4.78 is 11.2. The quantitative estimate of drug-likeness (QED) is 0.745. The molecule has 1 unspecified atom stereocenters. The van der Waals surface area contributed by atoms with Crippen molar-refractivity contribution in [3.63, 3.8) is 0 Å². The Hall–Kier alpha value is -2.50. The number of amides is 1. The van der Waals surface area contributed by atoms with E-state index < -0.39 is 0 Å². The summed E-state index contributed by atoms with van der Waals surface area (Å²) in [5.74, 6) is 1.88. The molecule has 1 heterocycles. The van der Waals surface area contributed by atoms with Crippen LogP contribution in [0.1, 0.15) is 68.3 Å². The van der Waals surface area contributed by atoms with E-state index in [4.69, 9.17) is 9.47 Å². The highest BCUT2D eigenvalue weighted by Gasteiger charge is 2.17. The first kappa shape index (κ1) is 19.8. The lowest BCUT2D eigenvalue weighted by molar-refractivity contribution is 0.0934. The zero-order valence-electron chi connectivity index (χ0n) is 16.4. The summed E-state index contributed by atoms with van der Waals surface area (Å²) >= 11 is 0. The van der Waals surface area contributed by atoms with Crippen molar-refractivity contribution in [2.24, 2.45) is 5.92 Å². The molecule has 0 spiro atoms. The third-order valence-electron chi connectivity index (χ3n) is 4.06. The second-order valence-corrected chi connectivity index (χ2v) is 7.17. The fourth-order valence-corrected chi connectivity index (χ4v) is 2.43. The summed E-state index contributed by atoms with van der Waals surface area (Å²) in [5, 5.41) is 9.96. The van der Waals surface area contributed by atoms with Crippen molar-refractivity contribution in [2.75, 3.05) is 13.7 Å². The Balaban J connectivity index is 2.08. The van der Waals surface area contributed by atoms with Gasteiger partial charge < -0.3 is 14.8 Å². The van der Waals surface area contributed by atoms with Crippen molar-refractivity contribution >= 4 is 5.91 Å². The molecule has 2 N–H and O–H groups in total. The number of carbonyl (C=O) groups is 1. The van der Waals surface area contributed by atoms with Crippen molar-refractivity contribution in [3.8, 4) is 11.5 Å². The topological polar surface area (TPSA) is 76.2 Å². The van der Waals surface area contributed by atoms with E-state index >= 15 is 0 Å². The van der Waals surface area contributed by atoms with Crippen LogP contribution in [0.2, 0.25) is 0 Å². The first-order chi connectivity index (χ1) is 12.3. The van der Waals surface area contributed by atoms with E-state index in [0.717, 1.165) is 11.3 Å². The van der Waals surface area contributed by atoms with Gasteiger partial charge in [0.1, 0.15) is 5.69 Å². The zero-order valence-corrected chi connectivity index (χ0v) is 16.4. The number of hydrogen-bond donors (Lipinski definition) is 2. The van der Waals surface area contributed by atoms with Gasteiger partial charge in [-0.1, -0.05) is 33.8 Å². The summed E-state index contributed by atoms with van der Waals surface area (Å²) in [6.45, 7) is 10.8. The van der Waals surface area contributed by atoms with Crippen LogP contribution in [0.4, 0.5) is 0 Å². The highest BCUT2D eigenvalue weighted by Crippen LogP contribution is 2.30. The number of aromatic amines is 1. The van der Waals surface area contributed by atoms with Crippen LogP contribution in [0.5, 0.6) is 11.5 Å². The van der Waals surface area contributed by atoms with E-state index in [0.29, 0.717) is 35.6 Å². The first-order valence-corrected chi connectivity index (χ1v) is 8.98. The standard InChI is InChI=1S/C20H29N3O3/c1-12(2)11-26-18-8-7-15(9-19(18)25-6)14(5)21-20(24)17-10-16(13(3)4)22-23-17/h7-10,12-14H,11H2,1-6H3,(H,21,24)(H,22,23). The molecule has 2 aromatic rings. The van der Waals surface area contributed by atoms with Gasteiger partial charge in [0.2, 0.25) is 0 Å². The molecule has 1 amide bonds. The molecule has 1 atom stereocenters. The van der Waals surface area contributed by atoms with E-state index in [1.165, 1.54) is 0 Å². The van der Waals surface area contributed by atoms with Gasteiger partial charge in [-0.3, -0.25) is 9.89 Å². The van der Waals surface area contributed by atoms with Gasteiger partial charge in [0.25, 0.3) is 5.91 Å². The molecule has 0 bridgehead atoms. The second-order valence-electron chi connectivity index (χ2n) is 7.17. The minimum atomic E-state index is -0.209. The van der Waals surface area contributed by atoms with Gasteiger partial charge in [-0.15, -0.1) is 0 Å². The molecule has 26 heavy (non-hydrogen) atoms. The lowest BCUT2D eigenvalue weighted by Gasteiger charge is -2.17. The van der Waals surface area contributed by atoms with Crippen molar-refractivity contribution < 1.29 is 14.3 Å². The number of hydrogen-bond acceptors (Lipinski definition) is 4. The third-order valence-corrected chi connectivity index (χ3v) is 4.06. The Labute approximate surface area is 155 Å². The molecule has 2 rings (SSSR count). The summed E-state index contributed by atoms with van der Waals surface area (Å²) in [7, 11) is 1.61. The molecule has 1 aromatic heterocycles. The highest BCUT2D eigenvalue weighted by molar-refractivity contribution is 5.92. The Bertz CT molecular complexity index is 738. The predicted octanol–water partition coefficient (Wildman–Crippen LogP) is 4.07. The van der Waals surface area contributed by atoms with Crippen molar-refractivity contribution in [1.82, 2.24) is 15.5 Å². The van der Waals surface area contributed by atoms with E-state index in [2.05, 4.69) is 29.4 Å². The summed E-state index contributed by atoms with van der Waals surface area (Å²) in [5.41, 5.74) is 2.27. The van der Waals surface area contributed by atoms with Crippen molar-refractivity contribution in [3.05, 3.63) is 41.2 Å². The molecule has 0 aliphatic rings. The van der Waals surface area contributed by atoms with Gasteiger partial charge in [0, 0.05) is 5.69 Å². The molecule has 0 fully saturated rings. The molecule has 142 valence electrons. The smallest absolute Gasteiger partial charge is 0.272 e. The normalized spacial score (nSPS) is 12.3. The fourth-order valence-electron chi connectivity index (χ4n) is 2.43. The van der Waals surface area contributed by atoms with E-state index in [1.54, 1.807) is 13.2 Å². The van der Waals surface area contributed by atoms with Crippen LogP contribution in [0.25, 0.3) is 0 Å². The number of nitrogens with zero attached hydrogens (tertiary/aromatic N) is 1. The maximum absolute atomic E-state index is 12.4. The monoisotopic (exact) mass is 359 g/mol. The summed E-state index contributed by atoms with van der Waals surface area (Å²) in [4.78, 5) is 12.4. The average Bonchev–Trinajstić information content (AvgIpc) is 3.10. The van der Waals surface area contributed by atoms with Gasteiger partial charge in [-0.05, 0) is 42.5 Å². The van der Waals surface area contributed by atoms with Crippen LogP contribution in [0.3, 0.4) is 0 Å². The number of nitrogens with one attached hydrogen (secondary N) is 2. The minimum absolute atomic E-state index is 0.185. The molecular weight excluding hydrogens is 330 g/mol. The fraction of sp³-hybridized carbons (Fsp3) is 0.500. The summed E-state index contributed by atoms with van der Waals surface area (Å²) in [6, 6.07) is 7.31. The minimum Gasteiger partial charge on any atom is -0.493 e. The lowest BCUT2D eigenvalue weighted by Crippen LogP contribution is -2.27. The molecular formula is C20H29N3O3. The van der Waals surface area contributed by atoms with Crippen LogP contribution < -0.4 is 14.8 Å². The second kappa shape index (κ2) is 8.74. The number of aromatic nitrogens is 2. The van der Waals surface area contributed by atoms with E-state index in [-0.39, 0.29) is 11.9 Å². The summed E-state index contributed by atoms with van der Waals surface area (Å²) in [6.07, 6.45) is 0. The molecule has 0 aliphatic heterocycles. The van der Waals surface area contributed by atoms with Gasteiger partial charge in [-0.25, -0.2) is 0 Å². The van der Waals surface area contributed by atoms with Gasteiger partial charge in [0.15, 0.2) is 11.5 Å². The van der Waals surface area contributed by atoms with Crippen LogP contribution in [0.15, 0.2) is 24.3 Å². The van der Waals surface area contributed by atoms with Crippen LogP contribution in [0, 0.1) is 5.92 Å². The number of carbonyl (C=O) groups excluding carboxylic acids is 1. The third kappa shape index (κ3) is 5.00. The highest BCUT2D eigenvalue weighted by atomic mass is 16.5. The zero-order chi connectivity index (χ0) is 19.3. The Morgan fingerprint density at radius 2 is 1.88 bits per heavy atom. The molecule has 0 radical (unpaired) electrons. The van der Waals surface area contributed by atoms with Gasteiger partial charge in [-0.2, -0.15) is 5.10 Å². The Morgan fingerprint density at radius 3 is 2.46 bits per heavy atom. The first-order valence-electron chi connectivity index (χ1n) is 8.98. The van der Waals surface area contributed by atoms with Crippen LogP contribution in [-0.2, 0) is 0 Å². The molecule has 0 saturated carbocycles. The average molecular weight is 359 g/mol. The van der Waals surface area contributed by atoms with E-state index in [1.807, 2.05) is 39.0 Å². The lowest BCUT2D eigenvalue weighted by atomic mass is 10.1. The SMILES string of the molecule is COc1cc(C(C)NC(=O)c2cc(C(C)C)[nH]n2)ccc1OCC(C)C.